The normalized spacial score (nSPS) is 11.7. The Bertz CT molecular complexity index is 899. The number of carboxylic acids is 1. The first-order valence-electron chi connectivity index (χ1n) is 6.87. The van der Waals surface area contributed by atoms with E-state index in [1.54, 1.807) is 43.3 Å². The molecule has 1 aromatic carbocycles. The maximum absolute atomic E-state index is 11.3. The first kappa shape index (κ1) is 16.4. The molecule has 0 amide bonds. The minimum Gasteiger partial charge on any atom is -0.544 e. The highest BCUT2D eigenvalue weighted by Gasteiger charge is 2.11. The summed E-state index contributed by atoms with van der Waals surface area (Å²) in [5.41, 5.74) is 0.791. The highest BCUT2D eigenvalue weighted by molar-refractivity contribution is 8.04. The van der Waals surface area contributed by atoms with Crippen LogP contribution in [0.4, 0.5) is 0 Å². The number of aromatic nitrogens is 3. The number of carbonyl (C=O) groups is 1. The second-order valence-electron chi connectivity index (χ2n) is 4.82. The molecule has 1 N–H and O–H groups in total. The number of hydrogen-bond donors (Lipinski definition) is 1. The highest BCUT2D eigenvalue weighted by Crippen LogP contribution is 2.27. The van der Waals surface area contributed by atoms with Crippen molar-refractivity contribution in [2.24, 2.45) is 0 Å². The fourth-order valence-corrected chi connectivity index (χ4v) is 2.73. The second kappa shape index (κ2) is 6.94. The largest absolute Gasteiger partial charge is 0.544 e. The summed E-state index contributed by atoms with van der Waals surface area (Å²) in [5, 5.41) is 19.0. The van der Waals surface area contributed by atoms with E-state index in [2.05, 4.69) is 15.2 Å². The first-order chi connectivity index (χ1) is 11.5. The monoisotopic (exact) mass is 360 g/mol. The number of furan rings is 1. The van der Waals surface area contributed by atoms with Crippen LogP contribution in [-0.4, -0.2) is 21.2 Å². The van der Waals surface area contributed by atoms with Gasteiger partial charge < -0.3 is 14.3 Å². The summed E-state index contributed by atoms with van der Waals surface area (Å²) >= 11 is 6.73. The fourth-order valence-electron chi connectivity index (χ4n) is 1.92. The molecule has 0 fully saturated rings. The number of aryl methyl sites for hydroxylation is 1. The van der Waals surface area contributed by atoms with E-state index in [1.807, 2.05) is 0 Å². The first-order valence-corrected chi connectivity index (χ1v) is 8.06. The van der Waals surface area contributed by atoms with Gasteiger partial charge in [0.15, 0.2) is 5.82 Å². The lowest BCUT2D eigenvalue weighted by atomic mass is 10.2. The number of thioether (sulfide) groups is 1. The molecular formula is C16H11ClN3O3S-. The predicted molar refractivity (Wildman–Crippen MR) is 89.1 cm³/mol. The molecule has 0 atom stereocenters. The van der Waals surface area contributed by atoms with Crippen LogP contribution in [0.3, 0.4) is 0 Å². The molecule has 6 nitrogen and oxygen atoms in total. The van der Waals surface area contributed by atoms with Crippen LogP contribution >= 0.6 is 23.4 Å². The van der Waals surface area contributed by atoms with Crippen LogP contribution < -0.4 is 5.11 Å². The molecule has 3 rings (SSSR count). The fraction of sp³-hybridized carbons (Fsp3) is 0.0625. The van der Waals surface area contributed by atoms with E-state index in [0.717, 1.165) is 17.3 Å². The van der Waals surface area contributed by atoms with Crippen molar-refractivity contribution in [1.82, 2.24) is 15.2 Å². The number of nitrogens with one attached hydrogen (secondary N) is 1. The van der Waals surface area contributed by atoms with Gasteiger partial charge in [0, 0.05) is 15.5 Å². The minimum absolute atomic E-state index is 0.0500. The Balaban J connectivity index is 1.82. The molecule has 0 radical (unpaired) electrons. The Morgan fingerprint density at radius 2 is 2.04 bits per heavy atom. The summed E-state index contributed by atoms with van der Waals surface area (Å²) in [5.74, 6) is 0.298. The van der Waals surface area contributed by atoms with Crippen LogP contribution in [0.15, 0.2) is 50.9 Å². The third-order valence-electron chi connectivity index (χ3n) is 3.02. The molecule has 0 aliphatic carbocycles. The van der Waals surface area contributed by atoms with Crippen molar-refractivity contribution in [3.05, 3.63) is 57.8 Å². The zero-order chi connectivity index (χ0) is 17.1. The van der Waals surface area contributed by atoms with Crippen molar-refractivity contribution in [3.63, 3.8) is 0 Å². The van der Waals surface area contributed by atoms with Crippen molar-refractivity contribution < 1.29 is 14.3 Å². The van der Waals surface area contributed by atoms with Gasteiger partial charge in [-0.25, -0.2) is 4.98 Å². The number of rotatable bonds is 5. The van der Waals surface area contributed by atoms with Crippen molar-refractivity contribution in [2.45, 2.75) is 12.1 Å². The topological polar surface area (TPSA) is 94.8 Å². The van der Waals surface area contributed by atoms with Crippen LogP contribution in [0.2, 0.25) is 5.02 Å². The maximum atomic E-state index is 11.3. The molecule has 0 aliphatic heterocycles. The van der Waals surface area contributed by atoms with E-state index < -0.39 is 5.97 Å². The molecule has 3 aromatic rings. The lowest BCUT2D eigenvalue weighted by Crippen LogP contribution is -2.23. The number of carboxylic acid groups (broad SMARTS) is 1. The predicted octanol–water partition coefficient (Wildman–Crippen LogP) is 2.91. The maximum Gasteiger partial charge on any atom is 0.213 e. The van der Waals surface area contributed by atoms with Gasteiger partial charge >= 0.3 is 0 Å². The van der Waals surface area contributed by atoms with Crippen LogP contribution in [0.5, 0.6) is 0 Å². The van der Waals surface area contributed by atoms with Crippen LogP contribution in [0.25, 0.3) is 17.5 Å². The molecular weight excluding hydrogens is 350 g/mol. The van der Waals surface area contributed by atoms with Gasteiger partial charge in [-0.15, -0.1) is 5.10 Å². The number of benzene rings is 1. The van der Waals surface area contributed by atoms with Crippen LogP contribution in [0.1, 0.15) is 11.5 Å². The number of hydrogen-bond acceptors (Lipinski definition) is 6. The third kappa shape index (κ3) is 3.87. The van der Waals surface area contributed by atoms with Crippen molar-refractivity contribution in [3.8, 4) is 11.4 Å². The number of carbonyl (C=O) groups excluding carboxylic acids is 1. The van der Waals surface area contributed by atoms with Gasteiger partial charge in [-0.05, 0) is 61.2 Å². The Hall–Kier alpha value is -2.51. The lowest BCUT2D eigenvalue weighted by Gasteiger charge is -2.04. The SMILES string of the molecule is Cc1ccc(/C=C(\Sc2n[nH]c(-c3ccc(Cl)cc3)n2)C(=O)[O-])o1. The van der Waals surface area contributed by atoms with Gasteiger partial charge in [0.1, 0.15) is 11.5 Å². The average molecular weight is 361 g/mol. The van der Waals surface area contributed by atoms with Crippen LogP contribution in [-0.2, 0) is 4.79 Å². The Morgan fingerprint density at radius 3 is 2.67 bits per heavy atom. The van der Waals surface area contributed by atoms with Gasteiger partial charge in [0.05, 0.1) is 5.97 Å². The molecule has 0 saturated carbocycles. The molecule has 0 unspecified atom stereocenters. The van der Waals surface area contributed by atoms with E-state index >= 15 is 0 Å². The molecule has 8 heteroatoms. The number of aromatic amines is 1. The van der Waals surface area contributed by atoms with E-state index in [-0.39, 0.29) is 10.1 Å². The van der Waals surface area contributed by atoms with E-state index in [1.165, 1.54) is 6.08 Å². The second-order valence-corrected chi connectivity index (χ2v) is 6.27. The summed E-state index contributed by atoms with van der Waals surface area (Å²) < 4.78 is 5.35. The number of halogens is 1. The quantitative estimate of drug-likeness (QED) is 0.555. The average Bonchev–Trinajstić information content (AvgIpc) is 3.17. The standard InChI is InChI=1S/C16H12ClN3O3S/c1-9-2-7-12(23-9)8-13(15(21)22)24-16-18-14(19-20-16)10-3-5-11(17)6-4-10/h2-8H,1H3,(H,21,22)(H,18,19,20)/p-1/b13-8-. The van der Waals surface area contributed by atoms with Gasteiger partial charge in [0.25, 0.3) is 0 Å². The molecule has 0 aliphatic rings. The Morgan fingerprint density at radius 1 is 1.29 bits per heavy atom. The molecule has 2 aromatic heterocycles. The van der Waals surface area contributed by atoms with Gasteiger partial charge in [0.2, 0.25) is 5.16 Å². The molecule has 0 saturated heterocycles. The lowest BCUT2D eigenvalue weighted by molar-refractivity contribution is -0.298. The van der Waals surface area contributed by atoms with Crippen molar-refractivity contribution >= 4 is 35.4 Å². The van der Waals surface area contributed by atoms with Gasteiger partial charge in [-0.2, -0.15) is 0 Å². The molecule has 0 spiro atoms. The summed E-state index contributed by atoms with van der Waals surface area (Å²) in [4.78, 5) is 15.5. The van der Waals surface area contributed by atoms with Gasteiger partial charge in [-0.3, -0.25) is 5.10 Å². The summed E-state index contributed by atoms with van der Waals surface area (Å²) in [6.45, 7) is 1.77. The van der Waals surface area contributed by atoms with E-state index in [4.69, 9.17) is 16.0 Å². The summed E-state index contributed by atoms with van der Waals surface area (Å²) in [6, 6.07) is 10.5. The zero-order valence-electron chi connectivity index (χ0n) is 12.4. The van der Waals surface area contributed by atoms with E-state index in [0.29, 0.717) is 22.4 Å². The van der Waals surface area contributed by atoms with Crippen molar-refractivity contribution in [2.75, 3.05) is 0 Å². The van der Waals surface area contributed by atoms with Crippen molar-refractivity contribution in [1.29, 1.82) is 0 Å². The van der Waals surface area contributed by atoms with E-state index in [9.17, 15) is 9.90 Å². The smallest absolute Gasteiger partial charge is 0.213 e. The van der Waals surface area contributed by atoms with Gasteiger partial charge in [-0.1, -0.05) is 11.6 Å². The van der Waals surface area contributed by atoms with Crippen LogP contribution in [0, 0.1) is 6.92 Å². The molecule has 0 bridgehead atoms. The molecule has 122 valence electrons. The molecule has 24 heavy (non-hydrogen) atoms. The highest BCUT2D eigenvalue weighted by atomic mass is 35.5. The summed E-state index contributed by atoms with van der Waals surface area (Å²) in [7, 11) is 0. The third-order valence-corrected chi connectivity index (χ3v) is 4.14. The number of aliphatic carboxylic acids is 1. The zero-order valence-corrected chi connectivity index (χ0v) is 14.0. The molecule has 2 heterocycles. The minimum atomic E-state index is -1.33. The summed E-state index contributed by atoms with van der Waals surface area (Å²) in [6.07, 6.45) is 1.38. The Kier molecular flexibility index (Phi) is 4.73. The number of nitrogens with zero attached hydrogens (tertiary/aromatic N) is 2. The Labute approximate surface area is 146 Å². The number of H-pyrrole nitrogens is 1.